The van der Waals surface area contributed by atoms with Gasteiger partial charge < -0.3 is 10.6 Å². The first-order chi connectivity index (χ1) is 10.1. The maximum Gasteiger partial charge on any atom is 0.239 e. The fourth-order valence-corrected chi connectivity index (χ4v) is 2.08. The highest BCUT2D eigenvalue weighted by atomic mass is 35.5. The maximum absolute atomic E-state index is 13.5. The third-order valence-electron chi connectivity index (χ3n) is 3.05. The van der Waals surface area contributed by atoms with Crippen molar-refractivity contribution < 1.29 is 9.18 Å². The smallest absolute Gasteiger partial charge is 0.239 e. The summed E-state index contributed by atoms with van der Waals surface area (Å²) in [6.07, 6.45) is 0. The fourth-order valence-electron chi connectivity index (χ4n) is 1.93. The summed E-state index contributed by atoms with van der Waals surface area (Å²) in [6, 6.07) is 13.8. The lowest BCUT2D eigenvalue weighted by Crippen LogP contribution is -2.32. The summed E-state index contributed by atoms with van der Waals surface area (Å²) < 4.78 is 13.5. The van der Waals surface area contributed by atoms with Crippen LogP contribution in [0.3, 0.4) is 0 Å². The van der Waals surface area contributed by atoms with Crippen molar-refractivity contribution in [3.8, 4) is 0 Å². The quantitative estimate of drug-likeness (QED) is 0.883. The molecule has 0 aliphatic rings. The maximum atomic E-state index is 13.5. The second-order valence-electron chi connectivity index (χ2n) is 4.68. The van der Waals surface area contributed by atoms with Crippen molar-refractivity contribution in [1.29, 1.82) is 0 Å². The zero-order chi connectivity index (χ0) is 15.2. The van der Waals surface area contributed by atoms with E-state index < -0.39 is 5.82 Å². The number of hydrogen-bond acceptors (Lipinski definition) is 2. The Morgan fingerprint density at radius 3 is 2.62 bits per heavy atom. The minimum Gasteiger partial charge on any atom is -0.374 e. The molecule has 0 aliphatic carbocycles. The summed E-state index contributed by atoms with van der Waals surface area (Å²) in [6.45, 7) is 1.89. The molecule has 0 aliphatic heterocycles. The second-order valence-corrected chi connectivity index (χ2v) is 5.11. The molecule has 0 aromatic heterocycles. The van der Waals surface area contributed by atoms with Crippen LogP contribution in [0.25, 0.3) is 0 Å². The van der Waals surface area contributed by atoms with E-state index in [1.807, 2.05) is 37.3 Å². The van der Waals surface area contributed by atoms with E-state index in [-0.39, 0.29) is 24.2 Å². The van der Waals surface area contributed by atoms with Crippen molar-refractivity contribution in [3.05, 3.63) is 64.9 Å². The number of amides is 1. The van der Waals surface area contributed by atoms with Gasteiger partial charge in [-0.1, -0.05) is 41.9 Å². The van der Waals surface area contributed by atoms with Crippen LogP contribution in [-0.2, 0) is 4.79 Å². The topological polar surface area (TPSA) is 41.1 Å². The van der Waals surface area contributed by atoms with Crippen molar-refractivity contribution >= 4 is 23.2 Å². The van der Waals surface area contributed by atoms with Crippen LogP contribution in [0.2, 0.25) is 5.02 Å². The monoisotopic (exact) mass is 306 g/mol. The van der Waals surface area contributed by atoms with Crippen LogP contribution < -0.4 is 10.6 Å². The van der Waals surface area contributed by atoms with Crippen LogP contribution in [0.5, 0.6) is 0 Å². The van der Waals surface area contributed by atoms with E-state index in [2.05, 4.69) is 10.6 Å². The molecule has 0 heterocycles. The van der Waals surface area contributed by atoms with Crippen molar-refractivity contribution in [3.63, 3.8) is 0 Å². The van der Waals surface area contributed by atoms with Crippen molar-refractivity contribution in [1.82, 2.24) is 5.32 Å². The number of rotatable bonds is 5. The van der Waals surface area contributed by atoms with Crippen LogP contribution in [0.1, 0.15) is 18.5 Å². The highest BCUT2D eigenvalue weighted by molar-refractivity contribution is 6.30. The normalized spacial score (nSPS) is 11.8. The Morgan fingerprint density at radius 2 is 1.95 bits per heavy atom. The number of carbonyl (C=O) groups excluding carboxylic acids is 1. The number of carbonyl (C=O) groups is 1. The zero-order valence-corrected chi connectivity index (χ0v) is 12.3. The van der Waals surface area contributed by atoms with Crippen molar-refractivity contribution in [2.24, 2.45) is 0 Å². The SMILES string of the molecule is C[C@@H](NC(=O)CNc1ccc(Cl)cc1F)c1ccccc1. The van der Waals surface area contributed by atoms with Gasteiger partial charge in [0.25, 0.3) is 0 Å². The van der Waals surface area contributed by atoms with Crippen LogP contribution in [0.15, 0.2) is 48.5 Å². The Hall–Kier alpha value is -2.07. The van der Waals surface area contributed by atoms with Crippen LogP contribution in [0, 0.1) is 5.82 Å². The van der Waals surface area contributed by atoms with Gasteiger partial charge in [-0.2, -0.15) is 0 Å². The highest BCUT2D eigenvalue weighted by Gasteiger charge is 2.10. The van der Waals surface area contributed by atoms with Gasteiger partial charge in [-0.05, 0) is 30.7 Å². The summed E-state index contributed by atoms with van der Waals surface area (Å²) in [4.78, 5) is 11.9. The fraction of sp³-hybridized carbons (Fsp3) is 0.188. The summed E-state index contributed by atoms with van der Waals surface area (Å²) >= 11 is 5.67. The molecule has 3 nitrogen and oxygen atoms in total. The lowest BCUT2D eigenvalue weighted by Gasteiger charge is -2.15. The van der Waals surface area contributed by atoms with Gasteiger partial charge in [0.05, 0.1) is 18.3 Å². The predicted octanol–water partition coefficient (Wildman–Crippen LogP) is 3.77. The predicted molar refractivity (Wildman–Crippen MR) is 82.9 cm³/mol. The number of hydrogen-bond donors (Lipinski definition) is 2. The Morgan fingerprint density at radius 1 is 1.24 bits per heavy atom. The van der Waals surface area contributed by atoms with Gasteiger partial charge in [0.15, 0.2) is 0 Å². The van der Waals surface area contributed by atoms with Crippen LogP contribution in [-0.4, -0.2) is 12.5 Å². The molecule has 2 aromatic carbocycles. The lowest BCUT2D eigenvalue weighted by atomic mass is 10.1. The Bertz CT molecular complexity index is 619. The number of nitrogens with one attached hydrogen (secondary N) is 2. The third kappa shape index (κ3) is 4.46. The molecular formula is C16H16ClFN2O. The van der Waals surface area contributed by atoms with Gasteiger partial charge in [-0.3, -0.25) is 4.79 Å². The van der Waals surface area contributed by atoms with E-state index in [9.17, 15) is 9.18 Å². The molecule has 2 rings (SSSR count). The molecule has 1 amide bonds. The van der Waals surface area contributed by atoms with E-state index in [4.69, 9.17) is 11.6 Å². The summed E-state index contributed by atoms with van der Waals surface area (Å²) in [7, 11) is 0. The molecule has 0 bridgehead atoms. The number of halogens is 2. The van der Waals surface area contributed by atoms with E-state index >= 15 is 0 Å². The van der Waals surface area contributed by atoms with Crippen molar-refractivity contribution in [2.75, 3.05) is 11.9 Å². The molecule has 0 spiro atoms. The molecule has 0 saturated carbocycles. The van der Waals surface area contributed by atoms with Crippen LogP contribution in [0.4, 0.5) is 10.1 Å². The Kier molecular flexibility index (Phi) is 5.17. The first-order valence-electron chi connectivity index (χ1n) is 6.59. The van der Waals surface area contributed by atoms with E-state index in [1.165, 1.54) is 12.1 Å². The van der Waals surface area contributed by atoms with E-state index in [0.29, 0.717) is 5.02 Å². The minimum absolute atomic E-state index is 0.00424. The molecule has 21 heavy (non-hydrogen) atoms. The Balaban J connectivity index is 1.87. The van der Waals surface area contributed by atoms with Gasteiger partial charge in [0.1, 0.15) is 5.82 Å². The zero-order valence-electron chi connectivity index (χ0n) is 11.6. The molecule has 2 aromatic rings. The molecule has 5 heteroatoms. The summed E-state index contributed by atoms with van der Waals surface area (Å²) in [5, 5.41) is 5.92. The summed E-state index contributed by atoms with van der Waals surface area (Å²) in [5.41, 5.74) is 1.27. The molecule has 1 atom stereocenters. The first-order valence-corrected chi connectivity index (χ1v) is 6.97. The molecule has 110 valence electrons. The minimum atomic E-state index is -0.480. The van der Waals surface area contributed by atoms with Gasteiger partial charge >= 0.3 is 0 Å². The third-order valence-corrected chi connectivity index (χ3v) is 3.28. The average molecular weight is 307 g/mol. The van der Waals surface area contributed by atoms with E-state index in [1.54, 1.807) is 6.07 Å². The molecular weight excluding hydrogens is 291 g/mol. The van der Waals surface area contributed by atoms with Gasteiger partial charge in [-0.15, -0.1) is 0 Å². The average Bonchev–Trinajstić information content (AvgIpc) is 2.47. The molecule has 0 fully saturated rings. The van der Waals surface area contributed by atoms with Gasteiger partial charge in [0.2, 0.25) is 5.91 Å². The van der Waals surface area contributed by atoms with Crippen molar-refractivity contribution in [2.45, 2.75) is 13.0 Å². The second kappa shape index (κ2) is 7.09. The molecule has 2 N–H and O–H groups in total. The van der Waals surface area contributed by atoms with Gasteiger partial charge in [0, 0.05) is 5.02 Å². The highest BCUT2D eigenvalue weighted by Crippen LogP contribution is 2.18. The van der Waals surface area contributed by atoms with Crippen LogP contribution >= 0.6 is 11.6 Å². The largest absolute Gasteiger partial charge is 0.374 e. The molecule has 0 saturated heterocycles. The molecule has 0 unspecified atom stereocenters. The summed E-state index contributed by atoms with van der Waals surface area (Å²) in [5.74, 6) is -0.688. The van der Waals surface area contributed by atoms with E-state index in [0.717, 1.165) is 5.56 Å². The lowest BCUT2D eigenvalue weighted by molar-refractivity contribution is -0.120. The Labute approximate surface area is 128 Å². The molecule has 0 radical (unpaired) electrons. The standard InChI is InChI=1S/C16H16ClFN2O/c1-11(12-5-3-2-4-6-12)20-16(21)10-19-15-8-7-13(17)9-14(15)18/h2-9,11,19H,10H2,1H3,(H,20,21)/t11-/m1/s1. The van der Waals surface area contributed by atoms with Gasteiger partial charge in [-0.25, -0.2) is 4.39 Å². The first kappa shape index (κ1) is 15.3. The number of anilines is 1. The number of benzene rings is 2.